The van der Waals surface area contributed by atoms with Crippen LogP contribution in [0.5, 0.6) is 0 Å². The van der Waals surface area contributed by atoms with Gasteiger partial charge in [-0.25, -0.2) is 8.78 Å². The van der Waals surface area contributed by atoms with Crippen LogP contribution in [0.3, 0.4) is 0 Å². The summed E-state index contributed by atoms with van der Waals surface area (Å²) in [6.07, 6.45) is 0.936. The zero-order valence-electron chi connectivity index (χ0n) is 11.5. The van der Waals surface area contributed by atoms with Crippen LogP contribution in [0.1, 0.15) is 30.5 Å². The molecule has 21 heavy (non-hydrogen) atoms. The predicted octanol–water partition coefficient (Wildman–Crippen LogP) is 5.47. The van der Waals surface area contributed by atoms with Crippen LogP contribution < -0.4 is 5.32 Å². The van der Waals surface area contributed by atoms with Crippen molar-refractivity contribution in [3.63, 3.8) is 0 Å². The standard InChI is InChI=1S/C16H15BrClF2N/c1-2-7-21-16(10-3-6-14(19)15(20)8-10)12-5-4-11(18)9-13(12)17/h3-6,8-9,16,21H,2,7H2,1H3. The van der Waals surface area contributed by atoms with E-state index in [0.29, 0.717) is 10.6 Å². The molecule has 0 radical (unpaired) electrons. The Kier molecular flexibility index (Phi) is 5.73. The molecule has 1 atom stereocenters. The third-order valence-electron chi connectivity index (χ3n) is 3.15. The summed E-state index contributed by atoms with van der Waals surface area (Å²) in [6.45, 7) is 2.81. The maximum atomic E-state index is 13.5. The third kappa shape index (κ3) is 4.02. The lowest BCUT2D eigenvalue weighted by molar-refractivity contribution is 0.503. The van der Waals surface area contributed by atoms with E-state index in [2.05, 4.69) is 21.2 Å². The van der Waals surface area contributed by atoms with E-state index in [9.17, 15) is 8.78 Å². The Hall–Kier alpha value is -0.970. The largest absolute Gasteiger partial charge is 0.306 e. The quantitative estimate of drug-likeness (QED) is 0.732. The highest BCUT2D eigenvalue weighted by atomic mass is 79.9. The Bertz CT molecular complexity index is 634. The molecule has 0 aliphatic heterocycles. The molecule has 5 heteroatoms. The third-order valence-corrected chi connectivity index (χ3v) is 4.07. The highest BCUT2D eigenvalue weighted by molar-refractivity contribution is 9.10. The van der Waals surface area contributed by atoms with Gasteiger partial charge in [0.05, 0.1) is 6.04 Å². The van der Waals surface area contributed by atoms with Crippen molar-refractivity contribution in [3.05, 3.63) is 68.7 Å². The van der Waals surface area contributed by atoms with Crippen LogP contribution in [0.15, 0.2) is 40.9 Å². The van der Waals surface area contributed by atoms with Crippen LogP contribution in [0, 0.1) is 11.6 Å². The first-order chi connectivity index (χ1) is 10.0. The van der Waals surface area contributed by atoms with Gasteiger partial charge in [0.25, 0.3) is 0 Å². The molecule has 0 amide bonds. The number of nitrogens with one attached hydrogen (secondary N) is 1. The maximum Gasteiger partial charge on any atom is 0.159 e. The first-order valence-electron chi connectivity index (χ1n) is 6.66. The Morgan fingerprint density at radius 3 is 2.52 bits per heavy atom. The second kappa shape index (κ2) is 7.34. The molecule has 0 saturated carbocycles. The number of halogens is 4. The number of hydrogen-bond donors (Lipinski definition) is 1. The van der Waals surface area contributed by atoms with E-state index < -0.39 is 11.6 Å². The Morgan fingerprint density at radius 2 is 1.90 bits per heavy atom. The SMILES string of the molecule is CCCNC(c1ccc(F)c(F)c1)c1ccc(Cl)cc1Br. The van der Waals surface area contributed by atoms with Gasteiger partial charge in [-0.05, 0) is 48.4 Å². The predicted molar refractivity (Wildman–Crippen MR) is 85.6 cm³/mol. The van der Waals surface area contributed by atoms with Crippen LogP contribution in [0.25, 0.3) is 0 Å². The second-order valence-corrected chi connectivity index (χ2v) is 6.02. The van der Waals surface area contributed by atoms with E-state index in [0.717, 1.165) is 29.1 Å². The Morgan fingerprint density at radius 1 is 1.14 bits per heavy atom. The van der Waals surface area contributed by atoms with Crippen molar-refractivity contribution in [2.45, 2.75) is 19.4 Å². The molecular formula is C16H15BrClF2N. The van der Waals surface area contributed by atoms with Gasteiger partial charge in [-0.15, -0.1) is 0 Å². The highest BCUT2D eigenvalue weighted by Crippen LogP contribution is 2.31. The molecule has 0 fully saturated rings. The molecule has 112 valence electrons. The Labute approximate surface area is 136 Å². The summed E-state index contributed by atoms with van der Waals surface area (Å²) >= 11 is 9.44. The molecule has 0 saturated heterocycles. The van der Waals surface area contributed by atoms with Crippen molar-refractivity contribution in [1.82, 2.24) is 5.32 Å². The van der Waals surface area contributed by atoms with Crippen LogP contribution in [-0.4, -0.2) is 6.54 Å². The Balaban J connectivity index is 2.44. The van der Waals surface area contributed by atoms with Crippen LogP contribution in [0.4, 0.5) is 8.78 Å². The normalized spacial score (nSPS) is 12.4. The molecule has 2 rings (SSSR count). The summed E-state index contributed by atoms with van der Waals surface area (Å²) in [6, 6.07) is 9.18. The van der Waals surface area contributed by atoms with Gasteiger partial charge in [-0.2, -0.15) is 0 Å². The zero-order chi connectivity index (χ0) is 15.4. The lowest BCUT2D eigenvalue weighted by Crippen LogP contribution is -2.23. The molecule has 2 aromatic rings. The number of benzene rings is 2. The summed E-state index contributed by atoms with van der Waals surface area (Å²) in [5, 5.41) is 3.96. The molecule has 2 aromatic carbocycles. The number of rotatable bonds is 5. The van der Waals surface area contributed by atoms with Gasteiger partial charge in [0.15, 0.2) is 11.6 Å². The minimum absolute atomic E-state index is 0.230. The van der Waals surface area contributed by atoms with Crippen molar-refractivity contribution in [2.75, 3.05) is 6.54 Å². The van der Waals surface area contributed by atoms with Crippen LogP contribution in [0.2, 0.25) is 5.02 Å². The van der Waals surface area contributed by atoms with Crippen LogP contribution >= 0.6 is 27.5 Å². The first kappa shape index (κ1) is 16.4. The van der Waals surface area contributed by atoms with Crippen LogP contribution in [-0.2, 0) is 0 Å². The molecule has 0 heterocycles. The van der Waals surface area contributed by atoms with Crippen molar-refractivity contribution in [3.8, 4) is 0 Å². The fourth-order valence-electron chi connectivity index (χ4n) is 2.12. The van der Waals surface area contributed by atoms with E-state index in [1.807, 2.05) is 13.0 Å². The minimum Gasteiger partial charge on any atom is -0.306 e. The fourth-order valence-corrected chi connectivity index (χ4v) is 3.04. The van der Waals surface area contributed by atoms with Gasteiger partial charge >= 0.3 is 0 Å². The van der Waals surface area contributed by atoms with Gasteiger partial charge in [-0.1, -0.05) is 46.6 Å². The molecule has 1 nitrogen and oxygen atoms in total. The lowest BCUT2D eigenvalue weighted by atomic mass is 9.98. The average Bonchev–Trinajstić information content (AvgIpc) is 2.44. The molecule has 1 N–H and O–H groups in total. The molecule has 0 aromatic heterocycles. The number of hydrogen-bond acceptors (Lipinski definition) is 1. The molecule has 1 unspecified atom stereocenters. The van der Waals surface area contributed by atoms with Gasteiger partial charge < -0.3 is 5.32 Å². The first-order valence-corrected chi connectivity index (χ1v) is 7.83. The van der Waals surface area contributed by atoms with Gasteiger partial charge in [0, 0.05) is 9.50 Å². The molecule has 0 bridgehead atoms. The monoisotopic (exact) mass is 373 g/mol. The van der Waals surface area contributed by atoms with Crippen molar-refractivity contribution in [1.29, 1.82) is 0 Å². The summed E-state index contributed by atoms with van der Waals surface area (Å²) in [4.78, 5) is 0. The summed E-state index contributed by atoms with van der Waals surface area (Å²) in [5.74, 6) is -1.69. The molecule has 0 spiro atoms. The van der Waals surface area contributed by atoms with E-state index in [-0.39, 0.29) is 6.04 Å². The van der Waals surface area contributed by atoms with Gasteiger partial charge in [0.1, 0.15) is 0 Å². The summed E-state index contributed by atoms with van der Waals surface area (Å²) < 4.78 is 27.5. The molecular weight excluding hydrogens is 360 g/mol. The average molecular weight is 375 g/mol. The van der Waals surface area contributed by atoms with E-state index in [4.69, 9.17) is 11.6 Å². The fraction of sp³-hybridized carbons (Fsp3) is 0.250. The highest BCUT2D eigenvalue weighted by Gasteiger charge is 2.18. The van der Waals surface area contributed by atoms with Gasteiger partial charge in [-0.3, -0.25) is 0 Å². The van der Waals surface area contributed by atoms with E-state index >= 15 is 0 Å². The van der Waals surface area contributed by atoms with Crippen molar-refractivity contribution >= 4 is 27.5 Å². The summed E-state index contributed by atoms with van der Waals surface area (Å²) in [7, 11) is 0. The summed E-state index contributed by atoms with van der Waals surface area (Å²) in [5.41, 5.74) is 1.60. The van der Waals surface area contributed by atoms with E-state index in [1.165, 1.54) is 6.07 Å². The molecule has 0 aliphatic rings. The van der Waals surface area contributed by atoms with Gasteiger partial charge in [0.2, 0.25) is 0 Å². The minimum atomic E-state index is -0.846. The molecule has 0 aliphatic carbocycles. The van der Waals surface area contributed by atoms with Crippen molar-refractivity contribution in [2.24, 2.45) is 0 Å². The van der Waals surface area contributed by atoms with E-state index in [1.54, 1.807) is 18.2 Å². The topological polar surface area (TPSA) is 12.0 Å². The van der Waals surface area contributed by atoms with Crippen molar-refractivity contribution < 1.29 is 8.78 Å². The maximum absolute atomic E-state index is 13.5. The smallest absolute Gasteiger partial charge is 0.159 e. The second-order valence-electron chi connectivity index (χ2n) is 4.73. The lowest BCUT2D eigenvalue weighted by Gasteiger charge is -2.21. The zero-order valence-corrected chi connectivity index (χ0v) is 13.8.